The Morgan fingerprint density at radius 3 is 2.89 bits per heavy atom. The molecule has 0 amide bonds. The van der Waals surface area contributed by atoms with Crippen molar-refractivity contribution in [2.24, 2.45) is 10.9 Å². The fraction of sp³-hybridized carbons (Fsp3) is 0.462. The van der Waals surface area contributed by atoms with Crippen LogP contribution in [-0.2, 0) is 0 Å². The van der Waals surface area contributed by atoms with Gasteiger partial charge in [-0.25, -0.2) is 4.39 Å². The van der Waals surface area contributed by atoms with Crippen molar-refractivity contribution in [3.05, 3.63) is 24.0 Å². The molecule has 1 aromatic rings. The van der Waals surface area contributed by atoms with Crippen molar-refractivity contribution in [2.75, 3.05) is 19.0 Å². The zero-order valence-electron chi connectivity index (χ0n) is 10.7. The minimum atomic E-state index is -0.357. The van der Waals surface area contributed by atoms with Gasteiger partial charge in [-0.3, -0.25) is 4.99 Å². The lowest BCUT2D eigenvalue weighted by atomic mass is 10.1. The fourth-order valence-corrected chi connectivity index (χ4v) is 2.70. The molecule has 0 saturated heterocycles. The average Bonchev–Trinajstić information content (AvgIpc) is 2.80. The van der Waals surface area contributed by atoms with E-state index in [1.54, 1.807) is 23.9 Å². The number of thioether (sulfide) groups is 1. The lowest BCUT2D eigenvalue weighted by molar-refractivity contribution is 0.387. The van der Waals surface area contributed by atoms with Crippen molar-refractivity contribution in [3.8, 4) is 5.75 Å². The summed E-state index contributed by atoms with van der Waals surface area (Å²) in [7, 11) is 1.46. The molecule has 1 N–H and O–H groups in total. The van der Waals surface area contributed by atoms with Crippen molar-refractivity contribution >= 4 is 22.6 Å². The highest BCUT2D eigenvalue weighted by Gasteiger charge is 2.22. The first-order valence-corrected chi connectivity index (χ1v) is 6.79. The predicted octanol–water partition coefficient (Wildman–Crippen LogP) is 3.37. The zero-order valence-corrected chi connectivity index (χ0v) is 11.6. The van der Waals surface area contributed by atoms with E-state index >= 15 is 0 Å². The van der Waals surface area contributed by atoms with Gasteiger partial charge in [0.1, 0.15) is 0 Å². The van der Waals surface area contributed by atoms with Gasteiger partial charge < -0.3 is 10.1 Å². The molecule has 18 heavy (non-hydrogen) atoms. The molecular formula is C13H17FN2OS. The van der Waals surface area contributed by atoms with E-state index in [4.69, 9.17) is 4.74 Å². The maximum Gasteiger partial charge on any atom is 0.165 e. The Balaban J connectivity index is 2.03. The molecule has 3 nitrogen and oxygen atoms in total. The number of halogens is 1. The van der Waals surface area contributed by atoms with E-state index in [-0.39, 0.29) is 11.6 Å². The van der Waals surface area contributed by atoms with Gasteiger partial charge >= 0.3 is 0 Å². The number of rotatable bonds is 3. The highest BCUT2D eigenvalue weighted by Crippen LogP contribution is 2.29. The number of aliphatic imine (C=N–C) groups is 1. The topological polar surface area (TPSA) is 33.6 Å². The van der Waals surface area contributed by atoms with Crippen LogP contribution in [0.5, 0.6) is 5.75 Å². The summed E-state index contributed by atoms with van der Waals surface area (Å²) in [6.07, 6.45) is 0. The highest BCUT2D eigenvalue weighted by atomic mass is 32.2. The van der Waals surface area contributed by atoms with E-state index in [0.29, 0.717) is 11.2 Å². The first kappa shape index (κ1) is 13.2. The van der Waals surface area contributed by atoms with Crippen molar-refractivity contribution in [1.29, 1.82) is 0 Å². The van der Waals surface area contributed by atoms with E-state index in [1.165, 1.54) is 13.2 Å². The summed E-state index contributed by atoms with van der Waals surface area (Å²) in [5.41, 5.74) is 0.795. The van der Waals surface area contributed by atoms with Crippen molar-refractivity contribution < 1.29 is 9.13 Å². The highest BCUT2D eigenvalue weighted by molar-refractivity contribution is 8.15. The Bertz CT molecular complexity index is 462. The van der Waals surface area contributed by atoms with Crippen molar-refractivity contribution in [1.82, 2.24) is 0 Å². The van der Waals surface area contributed by atoms with E-state index in [9.17, 15) is 4.39 Å². The molecule has 0 fully saturated rings. The Labute approximate surface area is 111 Å². The molecule has 0 aliphatic carbocycles. The summed E-state index contributed by atoms with van der Waals surface area (Å²) in [4.78, 5) is 4.45. The SMILES string of the molecule is COc1cc(NC2=NCC(C(C)C)S2)ccc1F. The van der Waals surface area contributed by atoms with Crippen LogP contribution in [0.1, 0.15) is 13.8 Å². The van der Waals surface area contributed by atoms with Crippen LogP contribution in [0.4, 0.5) is 10.1 Å². The minimum absolute atomic E-state index is 0.240. The van der Waals surface area contributed by atoms with Gasteiger partial charge in [0.05, 0.1) is 13.7 Å². The average molecular weight is 268 g/mol. The maximum absolute atomic E-state index is 13.3. The lowest BCUT2D eigenvalue weighted by Gasteiger charge is -2.12. The smallest absolute Gasteiger partial charge is 0.165 e. The van der Waals surface area contributed by atoms with Crippen LogP contribution in [0.15, 0.2) is 23.2 Å². The molecule has 1 atom stereocenters. The molecule has 0 bridgehead atoms. The summed E-state index contributed by atoms with van der Waals surface area (Å²) in [6, 6.07) is 4.71. The normalized spacial score (nSPS) is 18.9. The van der Waals surface area contributed by atoms with Crippen molar-refractivity contribution in [3.63, 3.8) is 0 Å². The number of anilines is 1. The summed E-state index contributed by atoms with van der Waals surface area (Å²) < 4.78 is 18.2. The molecule has 5 heteroatoms. The van der Waals surface area contributed by atoms with E-state index in [0.717, 1.165) is 17.4 Å². The Kier molecular flexibility index (Phi) is 4.11. The Morgan fingerprint density at radius 1 is 1.50 bits per heavy atom. The van der Waals surface area contributed by atoms with Crippen LogP contribution < -0.4 is 10.1 Å². The quantitative estimate of drug-likeness (QED) is 0.912. The van der Waals surface area contributed by atoms with Crippen LogP contribution in [-0.4, -0.2) is 24.1 Å². The number of amidine groups is 1. The van der Waals surface area contributed by atoms with E-state index in [2.05, 4.69) is 24.2 Å². The number of ether oxygens (including phenoxy) is 1. The van der Waals surface area contributed by atoms with E-state index < -0.39 is 0 Å². The molecule has 1 heterocycles. The van der Waals surface area contributed by atoms with Gasteiger partial charge in [-0.1, -0.05) is 25.6 Å². The largest absolute Gasteiger partial charge is 0.494 e. The molecule has 0 saturated carbocycles. The van der Waals surface area contributed by atoms with Crippen LogP contribution in [0, 0.1) is 11.7 Å². The second-order valence-corrected chi connectivity index (χ2v) is 5.75. The number of benzene rings is 1. The molecule has 1 aliphatic heterocycles. The predicted molar refractivity (Wildman–Crippen MR) is 75.1 cm³/mol. The second-order valence-electron chi connectivity index (χ2n) is 4.52. The van der Waals surface area contributed by atoms with Crippen molar-refractivity contribution in [2.45, 2.75) is 19.1 Å². The number of hydrogen-bond acceptors (Lipinski definition) is 4. The number of hydrogen-bond donors (Lipinski definition) is 1. The summed E-state index contributed by atoms with van der Waals surface area (Å²) in [5, 5.41) is 4.61. The van der Waals surface area contributed by atoms with E-state index in [1.807, 2.05) is 0 Å². The Hall–Kier alpha value is -1.23. The maximum atomic E-state index is 13.3. The van der Waals surface area contributed by atoms with Gasteiger partial charge in [0.15, 0.2) is 16.7 Å². The molecule has 1 aliphatic rings. The standard InChI is InChI=1S/C13H17FN2OS/c1-8(2)12-7-15-13(18-12)16-9-4-5-10(14)11(6-9)17-3/h4-6,8,12H,7H2,1-3H3,(H,15,16). The van der Waals surface area contributed by atoms with Gasteiger partial charge in [0.2, 0.25) is 0 Å². The number of nitrogens with zero attached hydrogens (tertiary/aromatic N) is 1. The molecule has 1 unspecified atom stereocenters. The third-order valence-corrected chi connectivity index (χ3v) is 4.27. The first-order chi connectivity index (χ1) is 8.60. The molecule has 0 radical (unpaired) electrons. The lowest BCUT2D eigenvalue weighted by Crippen LogP contribution is -2.13. The Morgan fingerprint density at radius 2 is 2.28 bits per heavy atom. The third kappa shape index (κ3) is 2.96. The summed E-state index contributed by atoms with van der Waals surface area (Å²) >= 11 is 1.74. The van der Waals surface area contributed by atoms with Gasteiger partial charge in [0, 0.05) is 17.0 Å². The first-order valence-electron chi connectivity index (χ1n) is 5.92. The van der Waals surface area contributed by atoms with Crippen LogP contribution in [0.2, 0.25) is 0 Å². The van der Waals surface area contributed by atoms with Gasteiger partial charge in [-0.2, -0.15) is 0 Å². The molecule has 2 rings (SSSR count). The number of nitrogens with one attached hydrogen (secondary N) is 1. The zero-order chi connectivity index (χ0) is 13.1. The van der Waals surface area contributed by atoms with Crippen LogP contribution in [0.3, 0.4) is 0 Å². The molecule has 98 valence electrons. The molecule has 0 spiro atoms. The van der Waals surface area contributed by atoms with Gasteiger partial charge in [-0.05, 0) is 18.1 Å². The second kappa shape index (κ2) is 5.61. The third-order valence-electron chi connectivity index (χ3n) is 2.82. The van der Waals surface area contributed by atoms with Crippen LogP contribution >= 0.6 is 11.8 Å². The fourth-order valence-electron chi connectivity index (χ4n) is 1.67. The summed E-state index contributed by atoms with van der Waals surface area (Å²) in [5.74, 6) is 0.480. The van der Waals surface area contributed by atoms with Gasteiger partial charge in [0.25, 0.3) is 0 Å². The van der Waals surface area contributed by atoms with Crippen LogP contribution in [0.25, 0.3) is 0 Å². The summed E-state index contributed by atoms with van der Waals surface area (Å²) in [6.45, 7) is 5.22. The molecule has 1 aromatic carbocycles. The molecular weight excluding hydrogens is 251 g/mol. The van der Waals surface area contributed by atoms with Gasteiger partial charge in [-0.15, -0.1) is 0 Å². The number of methoxy groups -OCH3 is 1. The minimum Gasteiger partial charge on any atom is -0.494 e. The molecule has 0 aromatic heterocycles. The monoisotopic (exact) mass is 268 g/mol.